The molecule has 0 saturated carbocycles. The molecule has 1 fully saturated rings. The van der Waals surface area contributed by atoms with E-state index in [4.69, 9.17) is 0 Å². The standard InChI is InChI=1S/C15H22N2O2S/c1-12-5-3-2-4-10-17(12)20(18,19)14-7-6-13-8-9-16-15(13)11-14/h6-7,11-12,16H,2-5,8-10H2,1H3. The van der Waals surface area contributed by atoms with Crippen LogP contribution in [0.5, 0.6) is 0 Å². The number of sulfonamides is 1. The Morgan fingerprint density at radius 3 is 2.95 bits per heavy atom. The van der Waals surface area contributed by atoms with E-state index in [1.807, 2.05) is 13.0 Å². The Labute approximate surface area is 121 Å². The van der Waals surface area contributed by atoms with E-state index >= 15 is 0 Å². The molecule has 1 aromatic rings. The Hall–Kier alpha value is -1.07. The molecule has 1 aromatic carbocycles. The summed E-state index contributed by atoms with van der Waals surface area (Å²) in [6, 6.07) is 5.61. The van der Waals surface area contributed by atoms with Gasteiger partial charge in [0.15, 0.2) is 0 Å². The van der Waals surface area contributed by atoms with Crippen molar-refractivity contribution in [2.75, 3.05) is 18.4 Å². The summed E-state index contributed by atoms with van der Waals surface area (Å²) in [5, 5.41) is 3.26. The predicted octanol–water partition coefficient (Wildman–Crippen LogP) is 2.61. The number of hydrogen-bond acceptors (Lipinski definition) is 3. The SMILES string of the molecule is CC1CCCCCN1S(=O)(=O)c1ccc2c(c1)NCC2. The van der Waals surface area contributed by atoms with Crippen LogP contribution in [-0.4, -0.2) is 31.9 Å². The lowest BCUT2D eigenvalue weighted by atomic mass is 10.1. The Balaban J connectivity index is 1.94. The summed E-state index contributed by atoms with van der Waals surface area (Å²) in [4.78, 5) is 0.430. The lowest BCUT2D eigenvalue weighted by Crippen LogP contribution is -2.38. The van der Waals surface area contributed by atoms with E-state index in [0.717, 1.165) is 44.3 Å². The second-order valence-corrected chi connectivity index (χ2v) is 7.70. The molecule has 1 saturated heterocycles. The molecule has 2 aliphatic heterocycles. The molecule has 3 rings (SSSR count). The molecule has 20 heavy (non-hydrogen) atoms. The van der Waals surface area contributed by atoms with Gasteiger partial charge in [-0.1, -0.05) is 18.9 Å². The van der Waals surface area contributed by atoms with E-state index in [1.54, 1.807) is 16.4 Å². The van der Waals surface area contributed by atoms with Gasteiger partial charge in [-0.15, -0.1) is 0 Å². The van der Waals surface area contributed by atoms with Crippen LogP contribution in [0.25, 0.3) is 0 Å². The first-order chi connectivity index (χ1) is 9.59. The average Bonchev–Trinajstić information content (AvgIpc) is 2.78. The second-order valence-electron chi connectivity index (χ2n) is 5.81. The van der Waals surface area contributed by atoms with Gasteiger partial charge in [-0.2, -0.15) is 4.31 Å². The zero-order chi connectivity index (χ0) is 14.2. The summed E-state index contributed by atoms with van der Waals surface area (Å²) >= 11 is 0. The van der Waals surface area contributed by atoms with Crippen molar-refractivity contribution in [3.05, 3.63) is 23.8 Å². The van der Waals surface area contributed by atoms with Crippen LogP contribution < -0.4 is 5.32 Å². The van der Waals surface area contributed by atoms with E-state index in [1.165, 1.54) is 5.56 Å². The fourth-order valence-corrected chi connectivity index (χ4v) is 4.90. The molecule has 0 bridgehead atoms. The van der Waals surface area contributed by atoms with Crippen LogP contribution in [0, 0.1) is 0 Å². The number of hydrogen-bond donors (Lipinski definition) is 1. The first-order valence-corrected chi connectivity index (χ1v) is 8.92. The first kappa shape index (κ1) is 13.9. The molecule has 0 aliphatic carbocycles. The van der Waals surface area contributed by atoms with Crippen molar-refractivity contribution in [2.24, 2.45) is 0 Å². The lowest BCUT2D eigenvalue weighted by Gasteiger charge is -2.26. The Morgan fingerprint density at radius 2 is 2.10 bits per heavy atom. The van der Waals surface area contributed by atoms with Gasteiger partial charge in [0.05, 0.1) is 4.90 Å². The maximum atomic E-state index is 12.8. The largest absolute Gasteiger partial charge is 0.384 e. The van der Waals surface area contributed by atoms with Gasteiger partial charge < -0.3 is 5.32 Å². The van der Waals surface area contributed by atoms with Gasteiger partial charge in [0.25, 0.3) is 0 Å². The van der Waals surface area contributed by atoms with Crippen LogP contribution in [0.15, 0.2) is 23.1 Å². The van der Waals surface area contributed by atoms with Crippen molar-refractivity contribution < 1.29 is 8.42 Å². The highest BCUT2D eigenvalue weighted by molar-refractivity contribution is 7.89. The highest BCUT2D eigenvalue weighted by Crippen LogP contribution is 2.29. The summed E-state index contributed by atoms with van der Waals surface area (Å²) in [6.45, 7) is 3.57. The van der Waals surface area contributed by atoms with Crippen molar-refractivity contribution in [3.8, 4) is 0 Å². The number of anilines is 1. The number of benzene rings is 1. The first-order valence-electron chi connectivity index (χ1n) is 7.48. The van der Waals surface area contributed by atoms with E-state index in [2.05, 4.69) is 5.32 Å². The zero-order valence-electron chi connectivity index (χ0n) is 11.9. The molecule has 4 nitrogen and oxygen atoms in total. The van der Waals surface area contributed by atoms with Crippen LogP contribution in [0.2, 0.25) is 0 Å². The number of nitrogens with zero attached hydrogens (tertiary/aromatic N) is 1. The van der Waals surface area contributed by atoms with Gasteiger partial charge >= 0.3 is 0 Å². The van der Waals surface area contributed by atoms with Gasteiger partial charge in [0.2, 0.25) is 10.0 Å². The maximum absolute atomic E-state index is 12.8. The Kier molecular flexibility index (Phi) is 3.73. The van der Waals surface area contributed by atoms with Crippen LogP contribution in [0.4, 0.5) is 5.69 Å². The quantitative estimate of drug-likeness (QED) is 0.912. The summed E-state index contributed by atoms with van der Waals surface area (Å²) in [5.74, 6) is 0. The molecule has 2 heterocycles. The number of rotatable bonds is 2. The fraction of sp³-hybridized carbons (Fsp3) is 0.600. The molecule has 1 unspecified atom stereocenters. The van der Waals surface area contributed by atoms with Crippen molar-refractivity contribution in [3.63, 3.8) is 0 Å². The Morgan fingerprint density at radius 1 is 1.25 bits per heavy atom. The number of nitrogens with one attached hydrogen (secondary N) is 1. The predicted molar refractivity (Wildman–Crippen MR) is 80.5 cm³/mol. The highest BCUT2D eigenvalue weighted by atomic mass is 32.2. The molecule has 5 heteroatoms. The molecule has 110 valence electrons. The van der Waals surface area contributed by atoms with Gasteiger partial charge in [-0.25, -0.2) is 8.42 Å². The van der Waals surface area contributed by atoms with E-state index in [0.29, 0.717) is 11.4 Å². The minimum atomic E-state index is -3.36. The number of fused-ring (bicyclic) bond motifs is 1. The van der Waals surface area contributed by atoms with Gasteiger partial charge in [-0.3, -0.25) is 0 Å². The maximum Gasteiger partial charge on any atom is 0.243 e. The van der Waals surface area contributed by atoms with E-state index < -0.39 is 10.0 Å². The molecule has 1 atom stereocenters. The summed E-state index contributed by atoms with van der Waals surface area (Å²) in [6.07, 6.45) is 5.16. The van der Waals surface area contributed by atoms with Crippen LogP contribution in [-0.2, 0) is 16.4 Å². The third kappa shape index (κ3) is 2.44. The molecule has 0 spiro atoms. The minimum Gasteiger partial charge on any atom is -0.384 e. The molecule has 0 radical (unpaired) electrons. The third-order valence-electron chi connectivity index (χ3n) is 4.39. The highest BCUT2D eigenvalue weighted by Gasteiger charge is 2.30. The van der Waals surface area contributed by atoms with Crippen LogP contribution in [0.3, 0.4) is 0 Å². The summed E-state index contributed by atoms with van der Waals surface area (Å²) in [5.41, 5.74) is 2.20. The third-order valence-corrected chi connectivity index (χ3v) is 6.40. The van der Waals surface area contributed by atoms with Crippen LogP contribution in [0.1, 0.15) is 38.2 Å². The molecular weight excluding hydrogens is 272 g/mol. The molecule has 1 N–H and O–H groups in total. The molecule has 0 amide bonds. The van der Waals surface area contributed by atoms with Gasteiger partial charge in [-0.05, 0) is 43.9 Å². The molecule has 2 aliphatic rings. The average molecular weight is 294 g/mol. The van der Waals surface area contributed by atoms with E-state index in [9.17, 15) is 8.42 Å². The molecule has 0 aromatic heterocycles. The summed E-state index contributed by atoms with van der Waals surface area (Å²) in [7, 11) is -3.36. The normalized spacial score (nSPS) is 23.9. The van der Waals surface area contributed by atoms with Crippen molar-refractivity contribution in [1.29, 1.82) is 0 Å². The van der Waals surface area contributed by atoms with E-state index in [-0.39, 0.29) is 6.04 Å². The zero-order valence-corrected chi connectivity index (χ0v) is 12.7. The van der Waals surface area contributed by atoms with Crippen molar-refractivity contribution in [2.45, 2.75) is 50.0 Å². The van der Waals surface area contributed by atoms with Gasteiger partial charge in [0.1, 0.15) is 0 Å². The monoisotopic (exact) mass is 294 g/mol. The van der Waals surface area contributed by atoms with Gasteiger partial charge in [0, 0.05) is 24.8 Å². The Bertz CT molecular complexity index is 598. The van der Waals surface area contributed by atoms with Crippen molar-refractivity contribution >= 4 is 15.7 Å². The summed E-state index contributed by atoms with van der Waals surface area (Å²) < 4.78 is 27.4. The minimum absolute atomic E-state index is 0.101. The topological polar surface area (TPSA) is 49.4 Å². The van der Waals surface area contributed by atoms with Crippen molar-refractivity contribution in [1.82, 2.24) is 4.31 Å². The fourth-order valence-electron chi connectivity index (χ4n) is 3.17. The second kappa shape index (κ2) is 5.37. The smallest absolute Gasteiger partial charge is 0.243 e. The molecular formula is C15H22N2O2S. The lowest BCUT2D eigenvalue weighted by molar-refractivity contribution is 0.342. The van der Waals surface area contributed by atoms with Crippen LogP contribution >= 0.6 is 0 Å².